The van der Waals surface area contributed by atoms with E-state index in [9.17, 15) is 35.7 Å². The summed E-state index contributed by atoms with van der Waals surface area (Å²) in [5.74, 6) is 0.377. The van der Waals surface area contributed by atoms with Crippen LogP contribution in [0.25, 0.3) is 0 Å². The van der Waals surface area contributed by atoms with Crippen molar-refractivity contribution >= 4 is 0 Å². The van der Waals surface area contributed by atoms with Crippen LogP contribution in [0.2, 0.25) is 0 Å². The van der Waals surface area contributed by atoms with Crippen LogP contribution in [-0.4, -0.2) is 110 Å². The summed E-state index contributed by atoms with van der Waals surface area (Å²) in [6.07, 6.45) is -14.8. The average molecular weight is 432 g/mol. The molecule has 7 N–H and O–H groups in total. The van der Waals surface area contributed by atoms with Gasteiger partial charge < -0.3 is 54.7 Å². The van der Waals surface area contributed by atoms with Crippen LogP contribution in [0.1, 0.15) is 5.56 Å². The molecule has 0 saturated carbocycles. The lowest BCUT2D eigenvalue weighted by Gasteiger charge is -2.45. The number of aryl methyl sites for hydroxylation is 1. The fourth-order valence-electron chi connectivity index (χ4n) is 3.40. The molecule has 1 aromatic carbocycles. The minimum absolute atomic E-state index is 0.377. The van der Waals surface area contributed by atoms with Crippen LogP contribution < -0.4 is 4.74 Å². The van der Waals surface area contributed by atoms with E-state index in [1.165, 1.54) is 0 Å². The lowest BCUT2D eigenvalue weighted by molar-refractivity contribution is -0.352. The summed E-state index contributed by atoms with van der Waals surface area (Å²) < 4.78 is 21.8. The van der Waals surface area contributed by atoms with Gasteiger partial charge in [-0.15, -0.1) is 0 Å². The van der Waals surface area contributed by atoms with Gasteiger partial charge in [0.25, 0.3) is 0 Å². The van der Waals surface area contributed by atoms with Crippen LogP contribution in [0.3, 0.4) is 0 Å². The molecular formula is C19H28O11. The smallest absolute Gasteiger partial charge is 0.229 e. The van der Waals surface area contributed by atoms with Gasteiger partial charge in [-0.1, -0.05) is 17.7 Å². The molecule has 2 aliphatic heterocycles. The van der Waals surface area contributed by atoms with Gasteiger partial charge in [0.1, 0.15) is 54.6 Å². The minimum Gasteiger partial charge on any atom is -0.462 e. The first-order chi connectivity index (χ1) is 14.3. The minimum atomic E-state index is -1.71. The molecule has 3 rings (SSSR count). The molecule has 30 heavy (non-hydrogen) atoms. The second-order valence-corrected chi connectivity index (χ2v) is 7.44. The highest BCUT2D eigenvalue weighted by Gasteiger charge is 2.51. The van der Waals surface area contributed by atoms with Crippen LogP contribution in [-0.2, 0) is 14.2 Å². The van der Waals surface area contributed by atoms with E-state index in [-0.39, 0.29) is 0 Å². The van der Waals surface area contributed by atoms with Crippen LogP contribution >= 0.6 is 0 Å². The Bertz CT molecular complexity index is 667. The first-order valence-corrected chi connectivity index (χ1v) is 9.58. The zero-order valence-electron chi connectivity index (χ0n) is 16.3. The Hall–Kier alpha value is -1.38. The quantitative estimate of drug-likeness (QED) is 0.244. The zero-order valence-corrected chi connectivity index (χ0v) is 16.3. The fraction of sp³-hybridized carbons (Fsp3) is 0.684. The highest BCUT2D eigenvalue weighted by atomic mass is 16.7. The molecule has 0 aromatic heterocycles. The summed E-state index contributed by atoms with van der Waals surface area (Å²) in [6, 6.07) is 6.88. The first-order valence-electron chi connectivity index (χ1n) is 9.58. The van der Waals surface area contributed by atoms with Crippen molar-refractivity contribution in [1.82, 2.24) is 0 Å². The third-order valence-corrected chi connectivity index (χ3v) is 5.23. The Morgan fingerprint density at radius 3 is 1.90 bits per heavy atom. The van der Waals surface area contributed by atoms with Crippen molar-refractivity contribution < 1.29 is 54.7 Å². The predicted molar refractivity (Wildman–Crippen MR) is 98.2 cm³/mol. The van der Waals surface area contributed by atoms with E-state index in [0.29, 0.717) is 5.75 Å². The van der Waals surface area contributed by atoms with Gasteiger partial charge in [-0.2, -0.15) is 0 Å². The molecule has 0 spiro atoms. The third kappa shape index (κ3) is 4.75. The van der Waals surface area contributed by atoms with Gasteiger partial charge in [0, 0.05) is 0 Å². The van der Waals surface area contributed by atoms with Gasteiger partial charge in [-0.3, -0.25) is 0 Å². The van der Waals surface area contributed by atoms with Crippen molar-refractivity contribution in [2.45, 2.75) is 68.3 Å². The number of aliphatic hydroxyl groups is 7. The largest absolute Gasteiger partial charge is 0.462 e. The van der Waals surface area contributed by atoms with E-state index >= 15 is 0 Å². The topological polar surface area (TPSA) is 179 Å². The number of hydrogen-bond donors (Lipinski definition) is 7. The van der Waals surface area contributed by atoms with E-state index in [4.69, 9.17) is 18.9 Å². The molecule has 0 radical (unpaired) electrons. The highest BCUT2D eigenvalue weighted by Crippen LogP contribution is 2.30. The van der Waals surface area contributed by atoms with Crippen LogP contribution in [0.15, 0.2) is 24.3 Å². The summed E-state index contributed by atoms with van der Waals surface area (Å²) in [6.45, 7) is 0.606. The molecular weight excluding hydrogens is 404 g/mol. The maximum absolute atomic E-state index is 10.5. The fourth-order valence-corrected chi connectivity index (χ4v) is 3.40. The van der Waals surface area contributed by atoms with Gasteiger partial charge in [-0.25, -0.2) is 0 Å². The Balaban J connectivity index is 1.71. The van der Waals surface area contributed by atoms with Crippen LogP contribution in [0, 0.1) is 6.92 Å². The molecule has 2 saturated heterocycles. The Morgan fingerprint density at radius 1 is 0.733 bits per heavy atom. The maximum Gasteiger partial charge on any atom is 0.229 e. The summed E-state index contributed by atoms with van der Waals surface area (Å²) in [5.41, 5.74) is 0.994. The molecule has 0 aliphatic carbocycles. The molecule has 11 heteroatoms. The number of benzene rings is 1. The van der Waals surface area contributed by atoms with Gasteiger partial charge in [0.15, 0.2) is 6.29 Å². The molecule has 0 amide bonds. The highest BCUT2D eigenvalue weighted by molar-refractivity contribution is 5.26. The van der Waals surface area contributed by atoms with E-state index in [1.54, 1.807) is 24.3 Å². The van der Waals surface area contributed by atoms with E-state index < -0.39 is 74.6 Å². The monoisotopic (exact) mass is 432 g/mol. The van der Waals surface area contributed by atoms with E-state index in [1.807, 2.05) is 6.92 Å². The van der Waals surface area contributed by atoms with Gasteiger partial charge in [-0.05, 0) is 19.1 Å². The van der Waals surface area contributed by atoms with E-state index in [2.05, 4.69) is 0 Å². The molecule has 170 valence electrons. The predicted octanol–water partition coefficient (Wildman–Crippen LogP) is -3.00. The summed E-state index contributed by atoms with van der Waals surface area (Å²) in [5, 5.41) is 69.8. The first kappa shape index (κ1) is 23.3. The Morgan fingerprint density at radius 2 is 1.30 bits per heavy atom. The summed E-state index contributed by atoms with van der Waals surface area (Å²) in [7, 11) is 0. The number of ether oxygens (including phenoxy) is 4. The van der Waals surface area contributed by atoms with Crippen molar-refractivity contribution in [3.63, 3.8) is 0 Å². The number of aliphatic hydroxyl groups excluding tert-OH is 7. The molecule has 1 aromatic rings. The maximum atomic E-state index is 10.5. The van der Waals surface area contributed by atoms with Crippen LogP contribution in [0.4, 0.5) is 0 Å². The molecule has 10 unspecified atom stereocenters. The van der Waals surface area contributed by atoms with Crippen molar-refractivity contribution in [3.8, 4) is 5.75 Å². The van der Waals surface area contributed by atoms with E-state index in [0.717, 1.165) is 5.56 Å². The van der Waals surface area contributed by atoms with Crippen molar-refractivity contribution in [2.24, 2.45) is 0 Å². The van der Waals surface area contributed by atoms with Gasteiger partial charge in [0.05, 0.1) is 13.2 Å². The van der Waals surface area contributed by atoms with Gasteiger partial charge >= 0.3 is 0 Å². The standard InChI is InChI=1S/C19H28O11/c1-8-2-4-9(5-3-8)27-18-16(26)14(24)17(11(7-21)29-18)30-19-15(25)13(23)12(22)10(6-20)28-19/h2-5,10-26H,6-7H2,1H3. The summed E-state index contributed by atoms with van der Waals surface area (Å²) >= 11 is 0. The lowest BCUT2D eigenvalue weighted by atomic mass is 9.97. The average Bonchev–Trinajstić information content (AvgIpc) is 2.74. The molecule has 10 atom stereocenters. The Labute approximate surface area is 172 Å². The lowest BCUT2D eigenvalue weighted by Crippen LogP contribution is -2.65. The van der Waals surface area contributed by atoms with Crippen LogP contribution in [0.5, 0.6) is 5.75 Å². The van der Waals surface area contributed by atoms with Crippen molar-refractivity contribution in [3.05, 3.63) is 29.8 Å². The second kappa shape index (κ2) is 9.83. The molecule has 2 aliphatic rings. The second-order valence-electron chi connectivity index (χ2n) is 7.44. The molecule has 0 bridgehead atoms. The summed E-state index contributed by atoms with van der Waals surface area (Å²) in [4.78, 5) is 0. The van der Waals surface area contributed by atoms with Crippen molar-refractivity contribution in [2.75, 3.05) is 13.2 Å². The Kier molecular flexibility index (Phi) is 7.63. The molecule has 2 fully saturated rings. The van der Waals surface area contributed by atoms with Gasteiger partial charge in [0.2, 0.25) is 6.29 Å². The molecule has 2 heterocycles. The number of rotatable bonds is 6. The normalized spacial score (nSPS) is 42.1. The third-order valence-electron chi connectivity index (χ3n) is 5.23. The number of hydrogen-bond acceptors (Lipinski definition) is 11. The zero-order chi connectivity index (χ0) is 22.0. The van der Waals surface area contributed by atoms with Crippen molar-refractivity contribution in [1.29, 1.82) is 0 Å². The SMILES string of the molecule is Cc1ccc(OC2OC(CO)C(OC3OC(CO)C(O)C(O)C3O)C(O)C2O)cc1. The molecule has 11 nitrogen and oxygen atoms in total.